The molecule has 2 aliphatic rings. The molecule has 1 aromatic heterocycles. The van der Waals surface area contributed by atoms with Crippen LogP contribution in [-0.2, 0) is 5.41 Å². The molecule has 4 rings (SSSR count). The first-order valence-corrected chi connectivity index (χ1v) is 9.31. The Hall–Kier alpha value is -2.23. The van der Waals surface area contributed by atoms with Gasteiger partial charge in [0.25, 0.3) is 5.91 Å². The van der Waals surface area contributed by atoms with Gasteiger partial charge in [0, 0.05) is 24.2 Å². The SMILES string of the molecule is COc1ccc(C2(CNC(=O)c3cccn3C3CC3)CCCC2)cc1. The molecule has 2 aromatic rings. The van der Waals surface area contributed by atoms with Gasteiger partial charge in [-0.25, -0.2) is 0 Å². The van der Waals surface area contributed by atoms with E-state index in [0.29, 0.717) is 12.6 Å². The van der Waals surface area contributed by atoms with Gasteiger partial charge < -0.3 is 14.6 Å². The highest BCUT2D eigenvalue weighted by atomic mass is 16.5. The van der Waals surface area contributed by atoms with Crippen molar-refractivity contribution in [2.45, 2.75) is 50.0 Å². The highest BCUT2D eigenvalue weighted by molar-refractivity contribution is 5.92. The fourth-order valence-corrected chi connectivity index (χ4v) is 4.16. The summed E-state index contributed by atoms with van der Waals surface area (Å²) in [4.78, 5) is 12.7. The minimum Gasteiger partial charge on any atom is -0.497 e. The number of ether oxygens (including phenoxy) is 1. The molecular weight excluding hydrogens is 312 g/mol. The molecule has 1 heterocycles. The summed E-state index contributed by atoms with van der Waals surface area (Å²) in [6.07, 6.45) is 9.10. The number of amides is 1. The van der Waals surface area contributed by atoms with Crippen molar-refractivity contribution < 1.29 is 9.53 Å². The Morgan fingerprint density at radius 1 is 1.20 bits per heavy atom. The lowest BCUT2D eigenvalue weighted by Crippen LogP contribution is -2.39. The van der Waals surface area contributed by atoms with Crippen LogP contribution in [0.5, 0.6) is 5.75 Å². The quantitative estimate of drug-likeness (QED) is 0.863. The van der Waals surface area contributed by atoms with E-state index in [-0.39, 0.29) is 11.3 Å². The molecule has 0 aliphatic heterocycles. The van der Waals surface area contributed by atoms with Gasteiger partial charge in [-0.15, -0.1) is 0 Å². The van der Waals surface area contributed by atoms with Crippen LogP contribution < -0.4 is 10.1 Å². The lowest BCUT2D eigenvalue weighted by Gasteiger charge is -2.30. The van der Waals surface area contributed by atoms with Gasteiger partial charge in [-0.2, -0.15) is 0 Å². The summed E-state index contributed by atoms with van der Waals surface area (Å²) >= 11 is 0. The van der Waals surface area contributed by atoms with Crippen molar-refractivity contribution >= 4 is 5.91 Å². The van der Waals surface area contributed by atoms with Crippen LogP contribution in [0.3, 0.4) is 0 Å². The summed E-state index contributed by atoms with van der Waals surface area (Å²) in [6, 6.07) is 12.8. The second-order valence-electron chi connectivity index (χ2n) is 7.43. The van der Waals surface area contributed by atoms with Crippen molar-refractivity contribution in [1.29, 1.82) is 0 Å². The summed E-state index contributed by atoms with van der Waals surface area (Å²) in [6.45, 7) is 0.702. The number of benzene rings is 1. The number of hydrogen-bond donors (Lipinski definition) is 1. The Morgan fingerprint density at radius 2 is 1.92 bits per heavy atom. The third kappa shape index (κ3) is 3.17. The van der Waals surface area contributed by atoms with Crippen LogP contribution in [0.1, 0.15) is 60.6 Å². The maximum absolute atomic E-state index is 12.7. The van der Waals surface area contributed by atoms with E-state index in [2.05, 4.69) is 22.0 Å². The molecule has 0 radical (unpaired) electrons. The summed E-state index contributed by atoms with van der Waals surface area (Å²) in [5.41, 5.74) is 2.16. The van der Waals surface area contributed by atoms with Crippen LogP contribution >= 0.6 is 0 Å². The molecule has 0 saturated heterocycles. The third-order valence-electron chi connectivity index (χ3n) is 5.80. The number of rotatable bonds is 6. The summed E-state index contributed by atoms with van der Waals surface area (Å²) < 4.78 is 7.41. The van der Waals surface area contributed by atoms with Crippen LogP contribution in [0.15, 0.2) is 42.6 Å². The van der Waals surface area contributed by atoms with Crippen molar-refractivity contribution in [2.24, 2.45) is 0 Å². The molecule has 1 aromatic carbocycles. The molecule has 2 aliphatic carbocycles. The van der Waals surface area contributed by atoms with E-state index in [4.69, 9.17) is 4.74 Å². The maximum atomic E-state index is 12.7. The summed E-state index contributed by atoms with van der Waals surface area (Å²) in [7, 11) is 1.69. The minimum absolute atomic E-state index is 0.0525. The second-order valence-corrected chi connectivity index (χ2v) is 7.43. The van der Waals surface area contributed by atoms with Crippen LogP contribution in [0, 0.1) is 0 Å². The molecule has 25 heavy (non-hydrogen) atoms. The number of aromatic nitrogens is 1. The number of carbonyl (C=O) groups is 1. The first-order valence-electron chi connectivity index (χ1n) is 9.31. The highest BCUT2D eigenvalue weighted by Gasteiger charge is 2.36. The average Bonchev–Trinajstić information content (AvgIpc) is 3.19. The van der Waals surface area contributed by atoms with E-state index in [1.54, 1.807) is 7.11 Å². The van der Waals surface area contributed by atoms with Gasteiger partial charge >= 0.3 is 0 Å². The number of methoxy groups -OCH3 is 1. The predicted molar refractivity (Wildman–Crippen MR) is 98.2 cm³/mol. The number of nitrogens with zero attached hydrogens (tertiary/aromatic N) is 1. The standard InChI is InChI=1S/C21H26N2O2/c1-25-18-10-6-16(7-11-18)21(12-2-3-13-21)15-22-20(24)19-5-4-14-23(19)17-8-9-17/h4-7,10-11,14,17H,2-3,8-9,12-13,15H2,1H3,(H,22,24). The molecule has 2 fully saturated rings. The Morgan fingerprint density at radius 3 is 2.56 bits per heavy atom. The van der Waals surface area contributed by atoms with E-state index in [1.165, 1.54) is 31.2 Å². The molecule has 0 unspecified atom stereocenters. The largest absolute Gasteiger partial charge is 0.497 e. The molecule has 0 atom stereocenters. The predicted octanol–water partition coefficient (Wildman–Crippen LogP) is 4.07. The van der Waals surface area contributed by atoms with Crippen LogP contribution in [-0.4, -0.2) is 24.1 Å². The summed E-state index contributed by atoms with van der Waals surface area (Å²) in [5.74, 6) is 0.930. The van der Waals surface area contributed by atoms with Crippen molar-refractivity contribution in [3.05, 3.63) is 53.9 Å². The number of hydrogen-bond acceptors (Lipinski definition) is 2. The summed E-state index contributed by atoms with van der Waals surface area (Å²) in [5, 5.41) is 3.23. The van der Waals surface area contributed by atoms with Crippen molar-refractivity contribution in [1.82, 2.24) is 9.88 Å². The molecule has 2 saturated carbocycles. The van der Waals surface area contributed by atoms with Gasteiger partial charge in [-0.3, -0.25) is 4.79 Å². The number of nitrogens with one attached hydrogen (secondary N) is 1. The molecule has 1 N–H and O–H groups in total. The van der Waals surface area contributed by atoms with Crippen molar-refractivity contribution in [2.75, 3.05) is 13.7 Å². The normalized spacial score (nSPS) is 18.9. The molecule has 0 spiro atoms. The Kier molecular flexibility index (Phi) is 4.28. The van der Waals surface area contributed by atoms with E-state index in [0.717, 1.165) is 24.3 Å². The average molecular weight is 338 g/mol. The smallest absolute Gasteiger partial charge is 0.267 e. The zero-order valence-corrected chi connectivity index (χ0v) is 14.8. The lowest BCUT2D eigenvalue weighted by atomic mass is 9.78. The van der Waals surface area contributed by atoms with Crippen molar-refractivity contribution in [3.63, 3.8) is 0 Å². The topological polar surface area (TPSA) is 43.3 Å². The zero-order valence-electron chi connectivity index (χ0n) is 14.8. The van der Waals surface area contributed by atoms with E-state index in [1.807, 2.05) is 30.5 Å². The first-order chi connectivity index (χ1) is 12.2. The Balaban J connectivity index is 1.49. The fraction of sp³-hybridized carbons (Fsp3) is 0.476. The molecule has 132 valence electrons. The van der Waals surface area contributed by atoms with Crippen molar-refractivity contribution in [3.8, 4) is 5.75 Å². The molecule has 1 amide bonds. The van der Waals surface area contributed by atoms with Crippen LogP contribution in [0.25, 0.3) is 0 Å². The van der Waals surface area contributed by atoms with Crippen LogP contribution in [0.4, 0.5) is 0 Å². The van der Waals surface area contributed by atoms with Gasteiger partial charge in [0.15, 0.2) is 0 Å². The molecule has 4 nitrogen and oxygen atoms in total. The Labute approximate surface area is 149 Å². The zero-order chi connectivity index (χ0) is 17.3. The maximum Gasteiger partial charge on any atom is 0.267 e. The minimum atomic E-state index is 0.0525. The number of carbonyl (C=O) groups excluding carboxylic acids is 1. The Bertz CT molecular complexity index is 738. The van der Waals surface area contributed by atoms with Crippen LogP contribution in [0.2, 0.25) is 0 Å². The van der Waals surface area contributed by atoms with E-state index >= 15 is 0 Å². The molecule has 0 bridgehead atoms. The van der Waals surface area contributed by atoms with Gasteiger partial charge in [-0.05, 0) is 55.5 Å². The lowest BCUT2D eigenvalue weighted by molar-refractivity contribution is 0.0933. The molecule has 4 heteroatoms. The fourth-order valence-electron chi connectivity index (χ4n) is 4.16. The van der Waals surface area contributed by atoms with E-state index in [9.17, 15) is 4.79 Å². The highest BCUT2D eigenvalue weighted by Crippen LogP contribution is 2.41. The van der Waals surface area contributed by atoms with Gasteiger partial charge in [-0.1, -0.05) is 25.0 Å². The van der Waals surface area contributed by atoms with Gasteiger partial charge in [0.2, 0.25) is 0 Å². The van der Waals surface area contributed by atoms with Gasteiger partial charge in [0.1, 0.15) is 11.4 Å². The van der Waals surface area contributed by atoms with E-state index < -0.39 is 0 Å². The monoisotopic (exact) mass is 338 g/mol. The second kappa shape index (κ2) is 6.58. The van der Waals surface area contributed by atoms with Gasteiger partial charge in [0.05, 0.1) is 7.11 Å². The first kappa shape index (κ1) is 16.2. The third-order valence-corrected chi connectivity index (χ3v) is 5.80. The molecular formula is C21H26N2O2.